The number of piperazine rings is 1. The van der Waals surface area contributed by atoms with Crippen LogP contribution in [0.5, 0.6) is 5.75 Å². The fourth-order valence-corrected chi connectivity index (χ4v) is 3.64. The van der Waals surface area contributed by atoms with Crippen LogP contribution in [0.3, 0.4) is 0 Å². The average Bonchev–Trinajstić information content (AvgIpc) is 3.11. The number of hydrogen-bond donors (Lipinski definition) is 0. The maximum Gasteiger partial charge on any atom is 0.273 e. The molecule has 1 aliphatic rings. The van der Waals surface area contributed by atoms with Crippen LogP contribution in [0.15, 0.2) is 35.2 Å². The van der Waals surface area contributed by atoms with Crippen molar-refractivity contribution in [2.45, 2.75) is 26.4 Å². The Bertz CT molecular complexity index is 675. The first-order valence-corrected chi connectivity index (χ1v) is 9.25. The summed E-state index contributed by atoms with van der Waals surface area (Å²) in [4.78, 5) is 21.0. The molecule has 2 aromatic rings. The van der Waals surface area contributed by atoms with Crippen LogP contribution in [0.25, 0.3) is 0 Å². The summed E-state index contributed by atoms with van der Waals surface area (Å²) in [6.07, 6.45) is 0. The number of aromatic nitrogens is 1. The van der Waals surface area contributed by atoms with E-state index in [9.17, 15) is 4.79 Å². The van der Waals surface area contributed by atoms with Gasteiger partial charge in [0.15, 0.2) is 0 Å². The highest BCUT2D eigenvalue weighted by Crippen LogP contribution is 2.22. The molecule has 1 aromatic carbocycles. The molecule has 1 amide bonds. The number of carbonyl (C=O) groups is 1. The summed E-state index contributed by atoms with van der Waals surface area (Å²) < 4.78 is 5.72. The van der Waals surface area contributed by atoms with Gasteiger partial charge in [-0.05, 0) is 19.9 Å². The molecule has 1 aliphatic heterocycles. The Morgan fingerprint density at radius 2 is 2.21 bits per heavy atom. The van der Waals surface area contributed by atoms with Gasteiger partial charge in [-0.1, -0.05) is 18.2 Å². The highest BCUT2D eigenvalue weighted by Gasteiger charge is 2.29. The zero-order chi connectivity index (χ0) is 16.9. The Hall–Kier alpha value is -1.92. The Morgan fingerprint density at radius 1 is 1.38 bits per heavy atom. The fourth-order valence-electron chi connectivity index (χ4n) is 3.12. The Balaban J connectivity index is 1.63. The summed E-state index contributed by atoms with van der Waals surface area (Å²) in [7, 11) is 0. The van der Waals surface area contributed by atoms with E-state index >= 15 is 0 Å². The van der Waals surface area contributed by atoms with Gasteiger partial charge >= 0.3 is 0 Å². The molecule has 1 fully saturated rings. The van der Waals surface area contributed by atoms with Gasteiger partial charge in [-0.3, -0.25) is 9.69 Å². The van der Waals surface area contributed by atoms with E-state index in [1.165, 1.54) is 16.9 Å². The van der Waals surface area contributed by atoms with Crippen molar-refractivity contribution < 1.29 is 9.53 Å². The van der Waals surface area contributed by atoms with E-state index in [0.717, 1.165) is 31.9 Å². The van der Waals surface area contributed by atoms with Crippen LogP contribution in [0.1, 0.15) is 29.9 Å². The first-order valence-electron chi connectivity index (χ1n) is 8.31. The van der Waals surface area contributed by atoms with E-state index < -0.39 is 0 Å². The van der Waals surface area contributed by atoms with Gasteiger partial charge in [0.05, 0.1) is 12.1 Å². The maximum atomic E-state index is 12.5. The normalized spacial score (nSPS) is 18.6. The lowest BCUT2D eigenvalue weighted by molar-refractivity contribution is 0.0469. The van der Waals surface area contributed by atoms with Crippen LogP contribution < -0.4 is 4.74 Å². The number of benzene rings is 1. The zero-order valence-corrected chi connectivity index (χ0v) is 15.0. The molecule has 0 N–H and O–H groups in total. The number of thiazole rings is 1. The van der Waals surface area contributed by atoms with Gasteiger partial charge < -0.3 is 9.64 Å². The monoisotopic (exact) mass is 345 g/mol. The number of carbonyl (C=O) groups excluding carboxylic acids is 1. The van der Waals surface area contributed by atoms with Crippen molar-refractivity contribution in [3.63, 3.8) is 0 Å². The molecule has 0 saturated carbocycles. The summed E-state index contributed by atoms with van der Waals surface area (Å²) in [5.41, 5.74) is 3.46. The molecule has 6 heteroatoms. The summed E-state index contributed by atoms with van der Waals surface area (Å²) in [5, 5.41) is 1.82. The predicted octanol–water partition coefficient (Wildman–Crippen LogP) is 2.89. The van der Waals surface area contributed by atoms with Crippen molar-refractivity contribution in [1.82, 2.24) is 14.8 Å². The third kappa shape index (κ3) is 3.76. The molecule has 0 radical (unpaired) electrons. The van der Waals surface area contributed by atoms with Crippen molar-refractivity contribution in [2.24, 2.45) is 0 Å². The quantitative estimate of drug-likeness (QED) is 0.836. The molecule has 0 unspecified atom stereocenters. The molecular formula is C18H23N3O2S. The average molecular weight is 345 g/mol. The van der Waals surface area contributed by atoms with Crippen molar-refractivity contribution in [2.75, 3.05) is 26.2 Å². The second-order valence-electron chi connectivity index (χ2n) is 6.00. The molecule has 3 rings (SSSR count). The van der Waals surface area contributed by atoms with Crippen LogP contribution in [-0.4, -0.2) is 53.0 Å². The molecule has 1 atom stereocenters. The molecule has 5 nitrogen and oxygen atoms in total. The number of ether oxygens (including phenoxy) is 1. The van der Waals surface area contributed by atoms with Gasteiger partial charge in [-0.15, -0.1) is 11.3 Å². The summed E-state index contributed by atoms with van der Waals surface area (Å²) >= 11 is 1.46. The lowest BCUT2D eigenvalue weighted by Crippen LogP contribution is -2.53. The lowest BCUT2D eigenvalue weighted by Gasteiger charge is -2.39. The second kappa shape index (κ2) is 7.77. The third-order valence-electron chi connectivity index (χ3n) is 4.29. The minimum absolute atomic E-state index is 0.0399. The predicted molar refractivity (Wildman–Crippen MR) is 95.5 cm³/mol. The minimum Gasteiger partial charge on any atom is -0.494 e. The van der Waals surface area contributed by atoms with Crippen molar-refractivity contribution >= 4 is 17.2 Å². The van der Waals surface area contributed by atoms with E-state index in [4.69, 9.17) is 4.74 Å². The number of para-hydroxylation sites is 1. The highest BCUT2D eigenvalue weighted by molar-refractivity contribution is 7.07. The molecule has 24 heavy (non-hydrogen) atoms. The minimum atomic E-state index is 0.0399. The van der Waals surface area contributed by atoms with Crippen molar-refractivity contribution in [3.8, 4) is 5.75 Å². The highest BCUT2D eigenvalue weighted by atomic mass is 32.1. The first-order chi connectivity index (χ1) is 11.7. The van der Waals surface area contributed by atoms with E-state index in [0.29, 0.717) is 12.3 Å². The lowest BCUT2D eigenvalue weighted by atomic mass is 10.1. The number of rotatable bonds is 5. The molecule has 128 valence electrons. The Morgan fingerprint density at radius 3 is 2.92 bits per heavy atom. The van der Waals surface area contributed by atoms with Crippen LogP contribution in [0.2, 0.25) is 0 Å². The number of amides is 1. The SMILES string of the molecule is CCOc1ccccc1CN1CCN(C(=O)c2cscn2)[C@@H](C)C1. The molecule has 0 bridgehead atoms. The van der Waals surface area contributed by atoms with Gasteiger partial charge in [0, 0.05) is 43.2 Å². The van der Waals surface area contributed by atoms with Gasteiger partial charge in [0.25, 0.3) is 5.91 Å². The van der Waals surface area contributed by atoms with E-state index in [1.54, 1.807) is 5.51 Å². The smallest absolute Gasteiger partial charge is 0.273 e. The topological polar surface area (TPSA) is 45.7 Å². The van der Waals surface area contributed by atoms with E-state index in [-0.39, 0.29) is 11.9 Å². The Kier molecular flexibility index (Phi) is 5.48. The number of hydrogen-bond acceptors (Lipinski definition) is 5. The molecular weight excluding hydrogens is 322 g/mol. The van der Waals surface area contributed by atoms with Crippen molar-refractivity contribution in [3.05, 3.63) is 46.4 Å². The third-order valence-corrected chi connectivity index (χ3v) is 4.88. The van der Waals surface area contributed by atoms with Gasteiger partial charge in [0.2, 0.25) is 0 Å². The number of nitrogens with zero attached hydrogens (tertiary/aromatic N) is 3. The van der Waals surface area contributed by atoms with Gasteiger partial charge in [-0.25, -0.2) is 4.98 Å². The summed E-state index contributed by atoms with van der Waals surface area (Å²) in [6.45, 7) is 8.07. The summed E-state index contributed by atoms with van der Waals surface area (Å²) in [5.74, 6) is 0.992. The second-order valence-corrected chi connectivity index (χ2v) is 6.72. The van der Waals surface area contributed by atoms with Crippen LogP contribution in [0, 0.1) is 0 Å². The van der Waals surface area contributed by atoms with Crippen LogP contribution in [-0.2, 0) is 6.54 Å². The molecule has 1 aromatic heterocycles. The standard InChI is InChI=1S/C18H23N3O2S/c1-3-23-17-7-5-4-6-15(17)11-20-8-9-21(14(2)10-20)18(22)16-12-24-13-19-16/h4-7,12-14H,3,8-11H2,1-2H3/t14-/m0/s1. The zero-order valence-electron chi connectivity index (χ0n) is 14.1. The van der Waals surface area contributed by atoms with E-state index in [1.807, 2.05) is 35.4 Å². The molecule has 2 heterocycles. The van der Waals surface area contributed by atoms with E-state index in [2.05, 4.69) is 22.9 Å². The molecule has 0 spiro atoms. The largest absolute Gasteiger partial charge is 0.494 e. The van der Waals surface area contributed by atoms with Crippen LogP contribution >= 0.6 is 11.3 Å². The van der Waals surface area contributed by atoms with Crippen LogP contribution in [0.4, 0.5) is 0 Å². The molecule has 0 aliphatic carbocycles. The maximum absolute atomic E-state index is 12.5. The van der Waals surface area contributed by atoms with Gasteiger partial charge in [0.1, 0.15) is 11.4 Å². The molecule has 1 saturated heterocycles. The van der Waals surface area contributed by atoms with Gasteiger partial charge in [-0.2, -0.15) is 0 Å². The first kappa shape index (κ1) is 16.9. The Labute approximate surface area is 146 Å². The summed E-state index contributed by atoms with van der Waals surface area (Å²) in [6, 6.07) is 8.35. The fraction of sp³-hybridized carbons (Fsp3) is 0.444. The van der Waals surface area contributed by atoms with Crippen molar-refractivity contribution in [1.29, 1.82) is 0 Å².